The van der Waals surface area contributed by atoms with Crippen LogP contribution >= 0.6 is 0 Å². The maximum absolute atomic E-state index is 14.0. The highest BCUT2D eigenvalue weighted by Gasteiger charge is 2.17. The van der Waals surface area contributed by atoms with E-state index in [2.05, 4.69) is 5.10 Å². The largest absolute Gasteiger partial charge is 0.497 e. The molecule has 0 radical (unpaired) electrons. The molecule has 5 nitrogen and oxygen atoms in total. The fraction of sp³-hybridized carbons (Fsp3) is 0.286. The van der Waals surface area contributed by atoms with E-state index in [1.165, 1.54) is 23.9 Å². The number of benzene rings is 1. The number of methoxy groups -OCH3 is 1. The van der Waals surface area contributed by atoms with E-state index in [0.29, 0.717) is 17.0 Å². The molecule has 1 aromatic carbocycles. The van der Waals surface area contributed by atoms with Gasteiger partial charge in [-0.05, 0) is 25.1 Å². The van der Waals surface area contributed by atoms with Crippen molar-refractivity contribution in [1.29, 1.82) is 0 Å². The van der Waals surface area contributed by atoms with Gasteiger partial charge in [0.05, 0.1) is 19.4 Å². The normalized spacial score (nSPS) is 10.4. The van der Waals surface area contributed by atoms with Gasteiger partial charge in [0.1, 0.15) is 11.6 Å². The Bertz CT molecular complexity index is 637. The average Bonchev–Trinajstić information content (AvgIpc) is 2.81. The number of hydrogen-bond donors (Lipinski definition) is 0. The first-order valence-corrected chi connectivity index (χ1v) is 6.12. The Labute approximate surface area is 115 Å². The van der Waals surface area contributed by atoms with Crippen LogP contribution in [0.5, 0.6) is 5.75 Å². The van der Waals surface area contributed by atoms with Crippen molar-refractivity contribution in [3.05, 3.63) is 35.8 Å². The second-order valence-corrected chi connectivity index (χ2v) is 4.10. The summed E-state index contributed by atoms with van der Waals surface area (Å²) < 4.78 is 25.3. The summed E-state index contributed by atoms with van der Waals surface area (Å²) in [5, 5.41) is 4.03. The third kappa shape index (κ3) is 2.64. The minimum atomic E-state index is -0.525. The van der Waals surface area contributed by atoms with Crippen LogP contribution in [0.25, 0.3) is 11.3 Å². The number of ether oxygens (including phenoxy) is 2. The zero-order valence-electron chi connectivity index (χ0n) is 11.5. The average molecular weight is 278 g/mol. The molecule has 0 aliphatic heterocycles. The van der Waals surface area contributed by atoms with Crippen LogP contribution in [0, 0.1) is 5.82 Å². The Morgan fingerprint density at radius 1 is 1.40 bits per heavy atom. The van der Waals surface area contributed by atoms with Crippen molar-refractivity contribution < 1.29 is 18.7 Å². The third-order valence-corrected chi connectivity index (χ3v) is 2.82. The Morgan fingerprint density at radius 2 is 2.15 bits per heavy atom. The lowest BCUT2D eigenvalue weighted by Crippen LogP contribution is -2.06. The van der Waals surface area contributed by atoms with Crippen LogP contribution in [0.1, 0.15) is 17.4 Å². The van der Waals surface area contributed by atoms with E-state index in [1.54, 1.807) is 26.1 Å². The first-order chi connectivity index (χ1) is 9.56. The molecule has 20 heavy (non-hydrogen) atoms. The first kappa shape index (κ1) is 14.0. The van der Waals surface area contributed by atoms with Crippen molar-refractivity contribution in [2.24, 2.45) is 7.05 Å². The monoisotopic (exact) mass is 278 g/mol. The van der Waals surface area contributed by atoms with Crippen molar-refractivity contribution >= 4 is 5.97 Å². The van der Waals surface area contributed by atoms with E-state index >= 15 is 0 Å². The van der Waals surface area contributed by atoms with Crippen LogP contribution in [0.3, 0.4) is 0 Å². The lowest BCUT2D eigenvalue weighted by atomic mass is 10.1. The molecule has 0 bridgehead atoms. The molecular weight excluding hydrogens is 263 g/mol. The molecular formula is C14H15FN2O3. The number of nitrogens with zero attached hydrogens (tertiary/aromatic N) is 2. The molecule has 0 atom stereocenters. The van der Waals surface area contributed by atoms with Crippen LogP contribution in [-0.2, 0) is 11.8 Å². The summed E-state index contributed by atoms with van der Waals surface area (Å²) >= 11 is 0. The van der Waals surface area contributed by atoms with Gasteiger partial charge < -0.3 is 9.47 Å². The van der Waals surface area contributed by atoms with Crippen molar-refractivity contribution in [1.82, 2.24) is 9.78 Å². The fourth-order valence-corrected chi connectivity index (χ4v) is 1.85. The minimum absolute atomic E-state index is 0.152. The van der Waals surface area contributed by atoms with Crippen LogP contribution in [0.4, 0.5) is 4.39 Å². The molecule has 106 valence electrons. The zero-order chi connectivity index (χ0) is 14.7. The second-order valence-electron chi connectivity index (χ2n) is 4.10. The molecule has 1 aromatic heterocycles. The molecule has 0 aliphatic carbocycles. The molecule has 0 saturated carbocycles. The lowest BCUT2D eigenvalue weighted by molar-refractivity contribution is 0.0518. The number of rotatable bonds is 4. The highest BCUT2D eigenvalue weighted by Crippen LogP contribution is 2.26. The van der Waals surface area contributed by atoms with E-state index in [9.17, 15) is 9.18 Å². The number of carbonyl (C=O) groups excluding carboxylic acids is 1. The minimum Gasteiger partial charge on any atom is -0.497 e. The molecule has 1 heterocycles. The number of hydrogen-bond acceptors (Lipinski definition) is 4. The first-order valence-electron chi connectivity index (χ1n) is 6.12. The van der Waals surface area contributed by atoms with Gasteiger partial charge >= 0.3 is 5.97 Å². The van der Waals surface area contributed by atoms with Gasteiger partial charge in [-0.1, -0.05) is 0 Å². The number of halogens is 1. The molecule has 0 N–H and O–H groups in total. The Balaban J connectivity index is 2.40. The van der Waals surface area contributed by atoms with Gasteiger partial charge in [-0.3, -0.25) is 4.68 Å². The van der Waals surface area contributed by atoms with Gasteiger partial charge in [-0.2, -0.15) is 5.10 Å². The van der Waals surface area contributed by atoms with Gasteiger partial charge in [0.25, 0.3) is 0 Å². The van der Waals surface area contributed by atoms with Crippen LogP contribution < -0.4 is 4.74 Å². The standard InChI is InChI=1S/C14H15FN2O3/c1-4-20-14(18)12-8-13(17(2)16-12)10-6-5-9(19-3)7-11(10)15/h5-8H,4H2,1-3H3. The molecule has 0 saturated heterocycles. The molecule has 6 heteroatoms. The third-order valence-electron chi connectivity index (χ3n) is 2.82. The fourth-order valence-electron chi connectivity index (χ4n) is 1.85. The van der Waals surface area contributed by atoms with Crippen molar-refractivity contribution in [2.45, 2.75) is 6.92 Å². The van der Waals surface area contributed by atoms with E-state index in [4.69, 9.17) is 9.47 Å². The van der Waals surface area contributed by atoms with Crippen LogP contribution in [0.15, 0.2) is 24.3 Å². The summed E-state index contributed by atoms with van der Waals surface area (Å²) in [4.78, 5) is 11.6. The van der Waals surface area contributed by atoms with Crippen molar-refractivity contribution in [2.75, 3.05) is 13.7 Å². The predicted molar refractivity (Wildman–Crippen MR) is 71.1 cm³/mol. The molecule has 0 aliphatic rings. The molecule has 0 amide bonds. The van der Waals surface area contributed by atoms with E-state index in [1.807, 2.05) is 0 Å². The zero-order valence-corrected chi connectivity index (χ0v) is 11.5. The number of esters is 1. The summed E-state index contributed by atoms with van der Waals surface area (Å²) in [6.45, 7) is 1.98. The van der Waals surface area contributed by atoms with Crippen LogP contribution in [0.2, 0.25) is 0 Å². The van der Waals surface area contributed by atoms with E-state index < -0.39 is 11.8 Å². The smallest absolute Gasteiger partial charge is 0.358 e. The Morgan fingerprint density at radius 3 is 2.75 bits per heavy atom. The maximum Gasteiger partial charge on any atom is 0.358 e. The SMILES string of the molecule is CCOC(=O)c1cc(-c2ccc(OC)cc2F)n(C)n1. The number of aromatic nitrogens is 2. The topological polar surface area (TPSA) is 53.4 Å². The summed E-state index contributed by atoms with van der Waals surface area (Å²) in [5.41, 5.74) is 0.990. The molecule has 2 aromatic rings. The van der Waals surface area contributed by atoms with Crippen LogP contribution in [-0.4, -0.2) is 29.5 Å². The number of carbonyl (C=O) groups is 1. The van der Waals surface area contributed by atoms with Gasteiger partial charge in [-0.25, -0.2) is 9.18 Å². The van der Waals surface area contributed by atoms with Gasteiger partial charge in [-0.15, -0.1) is 0 Å². The van der Waals surface area contributed by atoms with Crippen molar-refractivity contribution in [3.63, 3.8) is 0 Å². The van der Waals surface area contributed by atoms with Gasteiger partial charge in [0.15, 0.2) is 5.69 Å². The molecule has 0 fully saturated rings. The predicted octanol–water partition coefficient (Wildman–Crippen LogP) is 2.41. The van der Waals surface area contributed by atoms with E-state index in [0.717, 1.165) is 0 Å². The quantitative estimate of drug-likeness (QED) is 0.806. The molecule has 0 spiro atoms. The summed E-state index contributed by atoms with van der Waals surface area (Å²) in [7, 11) is 3.11. The van der Waals surface area contributed by atoms with Gasteiger partial charge in [0.2, 0.25) is 0 Å². The number of aryl methyl sites for hydroxylation is 1. The molecule has 0 unspecified atom stereocenters. The summed E-state index contributed by atoms with van der Waals surface area (Å²) in [6, 6.07) is 6.02. The summed E-state index contributed by atoms with van der Waals surface area (Å²) in [6.07, 6.45) is 0. The Hall–Kier alpha value is -2.37. The highest BCUT2D eigenvalue weighted by molar-refractivity contribution is 5.88. The second kappa shape index (κ2) is 5.73. The highest BCUT2D eigenvalue weighted by atomic mass is 19.1. The molecule has 2 rings (SSSR count). The summed E-state index contributed by atoms with van der Waals surface area (Å²) in [5.74, 6) is -0.537. The van der Waals surface area contributed by atoms with Gasteiger partial charge in [0, 0.05) is 18.7 Å². The van der Waals surface area contributed by atoms with E-state index in [-0.39, 0.29) is 12.3 Å². The Kier molecular flexibility index (Phi) is 4.02. The van der Waals surface area contributed by atoms with Crippen molar-refractivity contribution in [3.8, 4) is 17.0 Å². The maximum atomic E-state index is 14.0. The lowest BCUT2D eigenvalue weighted by Gasteiger charge is -2.05.